The van der Waals surface area contributed by atoms with Gasteiger partial charge in [0.15, 0.2) is 5.78 Å². The monoisotopic (exact) mass is 217 g/mol. The molecule has 0 aliphatic heterocycles. The third-order valence-electron chi connectivity index (χ3n) is 3.69. The number of nitrogens with zero attached hydrogens (tertiary/aromatic N) is 1. The van der Waals surface area contributed by atoms with E-state index in [1.807, 2.05) is 19.1 Å². The third kappa shape index (κ3) is 2.31. The number of hydrogen-bond acceptors (Lipinski definition) is 2. The van der Waals surface area contributed by atoms with Crippen molar-refractivity contribution < 1.29 is 4.79 Å². The highest BCUT2D eigenvalue weighted by atomic mass is 16.1. The van der Waals surface area contributed by atoms with Gasteiger partial charge in [-0.15, -0.1) is 0 Å². The molecule has 2 heteroatoms. The van der Waals surface area contributed by atoms with Gasteiger partial charge in [0.1, 0.15) is 0 Å². The molecule has 2 rings (SSSR count). The molecule has 0 amide bonds. The number of ketones is 1. The minimum absolute atomic E-state index is 0.245. The first-order valence-corrected chi connectivity index (χ1v) is 6.17. The van der Waals surface area contributed by atoms with Crippen molar-refractivity contribution in [2.24, 2.45) is 11.8 Å². The molecular weight excluding hydrogens is 198 g/mol. The fourth-order valence-corrected chi connectivity index (χ4v) is 2.53. The van der Waals surface area contributed by atoms with Crippen LogP contribution in [-0.4, -0.2) is 10.8 Å². The van der Waals surface area contributed by atoms with E-state index in [0.29, 0.717) is 5.78 Å². The Kier molecular flexibility index (Phi) is 3.37. The van der Waals surface area contributed by atoms with E-state index in [2.05, 4.69) is 11.9 Å². The molecule has 1 fully saturated rings. The second-order valence-electron chi connectivity index (χ2n) is 4.84. The molecule has 1 aliphatic rings. The number of aryl methyl sites for hydroxylation is 1. The highest BCUT2D eigenvalue weighted by Gasteiger charge is 2.29. The molecule has 2 nitrogen and oxygen atoms in total. The molecule has 86 valence electrons. The lowest BCUT2D eigenvalue weighted by Gasteiger charge is -2.09. The van der Waals surface area contributed by atoms with Crippen LogP contribution in [-0.2, 0) is 0 Å². The van der Waals surface area contributed by atoms with Gasteiger partial charge in [-0.25, -0.2) is 0 Å². The Morgan fingerprint density at radius 3 is 2.81 bits per heavy atom. The molecule has 1 aromatic heterocycles. The summed E-state index contributed by atoms with van der Waals surface area (Å²) in [6.45, 7) is 4.15. The van der Waals surface area contributed by atoms with Crippen LogP contribution >= 0.6 is 0 Å². The number of pyridine rings is 1. The Bertz CT molecular complexity index is 369. The predicted octanol–water partition coefficient (Wildman–Crippen LogP) is 3.40. The first kappa shape index (κ1) is 11.3. The lowest BCUT2D eigenvalue weighted by molar-refractivity contribution is 0.0919. The largest absolute Gasteiger partial charge is 0.294 e. The summed E-state index contributed by atoms with van der Waals surface area (Å²) in [6, 6.07) is 3.82. The van der Waals surface area contributed by atoms with Crippen LogP contribution in [0.5, 0.6) is 0 Å². The Balaban J connectivity index is 2.05. The van der Waals surface area contributed by atoms with Crippen molar-refractivity contribution in [3.05, 3.63) is 29.6 Å². The first-order chi connectivity index (χ1) is 7.70. The molecule has 0 saturated heterocycles. The van der Waals surface area contributed by atoms with Gasteiger partial charge in [-0.3, -0.25) is 9.78 Å². The van der Waals surface area contributed by atoms with Crippen molar-refractivity contribution in [2.75, 3.05) is 0 Å². The minimum Gasteiger partial charge on any atom is -0.294 e. The van der Waals surface area contributed by atoms with Crippen molar-refractivity contribution in [2.45, 2.75) is 39.5 Å². The van der Waals surface area contributed by atoms with Crippen LogP contribution < -0.4 is 0 Å². The van der Waals surface area contributed by atoms with Gasteiger partial charge in [-0.1, -0.05) is 13.3 Å². The topological polar surface area (TPSA) is 30.0 Å². The van der Waals surface area contributed by atoms with Gasteiger partial charge >= 0.3 is 0 Å². The molecule has 2 atom stereocenters. The van der Waals surface area contributed by atoms with Crippen LogP contribution in [0.4, 0.5) is 0 Å². The van der Waals surface area contributed by atoms with Crippen LogP contribution in [0.15, 0.2) is 18.3 Å². The molecule has 0 aromatic carbocycles. The molecule has 2 unspecified atom stereocenters. The number of carbonyl (C=O) groups is 1. The zero-order valence-electron chi connectivity index (χ0n) is 10.1. The summed E-state index contributed by atoms with van der Waals surface area (Å²) in [5.74, 6) is 1.30. The summed E-state index contributed by atoms with van der Waals surface area (Å²) in [5, 5.41) is 0. The molecule has 0 N–H and O–H groups in total. The van der Waals surface area contributed by atoms with E-state index >= 15 is 0 Å². The summed E-state index contributed by atoms with van der Waals surface area (Å²) >= 11 is 0. The van der Waals surface area contributed by atoms with Crippen molar-refractivity contribution in [1.29, 1.82) is 0 Å². The van der Waals surface area contributed by atoms with Crippen LogP contribution in [0.3, 0.4) is 0 Å². The maximum atomic E-state index is 12.2. The molecule has 1 saturated carbocycles. The zero-order valence-corrected chi connectivity index (χ0v) is 10.1. The third-order valence-corrected chi connectivity index (χ3v) is 3.69. The van der Waals surface area contributed by atoms with E-state index in [1.54, 1.807) is 6.20 Å². The Morgan fingerprint density at radius 1 is 1.44 bits per heavy atom. The Labute approximate surface area is 97.1 Å². The maximum Gasteiger partial charge on any atom is 0.167 e. The standard InChI is InChI=1S/C14H19NO/c1-3-11-5-7-12(8-11)14(16)13-6-4-10(2)15-9-13/h4,6,9,11-12H,3,5,7-8H2,1-2H3. The van der Waals surface area contributed by atoms with E-state index in [1.165, 1.54) is 12.8 Å². The first-order valence-electron chi connectivity index (χ1n) is 6.17. The molecule has 0 bridgehead atoms. The van der Waals surface area contributed by atoms with Crippen LogP contribution in [0, 0.1) is 18.8 Å². The van der Waals surface area contributed by atoms with Crippen molar-refractivity contribution >= 4 is 5.78 Å². The molecular formula is C14H19NO. The van der Waals surface area contributed by atoms with Crippen molar-refractivity contribution in [3.63, 3.8) is 0 Å². The number of Topliss-reactive ketones (excluding diaryl/α,β-unsaturated/α-hetero) is 1. The summed E-state index contributed by atoms with van der Waals surface area (Å²) < 4.78 is 0. The van der Waals surface area contributed by atoms with E-state index in [4.69, 9.17) is 0 Å². The SMILES string of the molecule is CCC1CCC(C(=O)c2ccc(C)nc2)C1. The summed E-state index contributed by atoms with van der Waals surface area (Å²) in [4.78, 5) is 16.4. The molecule has 0 radical (unpaired) electrons. The van der Waals surface area contributed by atoms with E-state index < -0.39 is 0 Å². The van der Waals surface area contributed by atoms with Gasteiger partial charge in [0, 0.05) is 23.4 Å². The number of rotatable bonds is 3. The fourth-order valence-electron chi connectivity index (χ4n) is 2.53. The highest BCUT2D eigenvalue weighted by Crippen LogP contribution is 2.34. The molecule has 16 heavy (non-hydrogen) atoms. The number of hydrogen-bond donors (Lipinski definition) is 0. The summed E-state index contributed by atoms with van der Waals surface area (Å²) in [6.07, 6.45) is 6.27. The lowest BCUT2D eigenvalue weighted by atomic mass is 9.95. The molecule has 0 spiro atoms. The Morgan fingerprint density at radius 2 is 2.25 bits per heavy atom. The molecule has 1 heterocycles. The van der Waals surface area contributed by atoms with E-state index in [-0.39, 0.29) is 5.92 Å². The quantitative estimate of drug-likeness (QED) is 0.726. The summed E-state index contributed by atoms with van der Waals surface area (Å²) in [7, 11) is 0. The maximum absolute atomic E-state index is 12.2. The van der Waals surface area contributed by atoms with Crippen molar-refractivity contribution in [1.82, 2.24) is 4.98 Å². The van der Waals surface area contributed by atoms with Gasteiger partial charge in [-0.2, -0.15) is 0 Å². The van der Waals surface area contributed by atoms with Gasteiger partial charge in [0.25, 0.3) is 0 Å². The van der Waals surface area contributed by atoms with Crippen molar-refractivity contribution in [3.8, 4) is 0 Å². The average molecular weight is 217 g/mol. The summed E-state index contributed by atoms with van der Waals surface area (Å²) in [5.41, 5.74) is 1.75. The van der Waals surface area contributed by atoms with Crippen LogP contribution in [0.25, 0.3) is 0 Å². The predicted molar refractivity (Wildman–Crippen MR) is 64.4 cm³/mol. The molecule has 1 aromatic rings. The average Bonchev–Trinajstić information content (AvgIpc) is 2.77. The smallest absolute Gasteiger partial charge is 0.167 e. The normalized spacial score (nSPS) is 24.6. The fraction of sp³-hybridized carbons (Fsp3) is 0.571. The Hall–Kier alpha value is -1.18. The van der Waals surface area contributed by atoms with Gasteiger partial charge in [-0.05, 0) is 44.2 Å². The second-order valence-corrected chi connectivity index (χ2v) is 4.84. The van der Waals surface area contributed by atoms with Crippen LogP contribution in [0.2, 0.25) is 0 Å². The van der Waals surface area contributed by atoms with E-state index in [9.17, 15) is 4.79 Å². The number of carbonyl (C=O) groups excluding carboxylic acids is 1. The van der Waals surface area contributed by atoms with E-state index in [0.717, 1.165) is 30.0 Å². The lowest BCUT2D eigenvalue weighted by Crippen LogP contribution is -2.12. The van der Waals surface area contributed by atoms with Crippen LogP contribution in [0.1, 0.15) is 48.7 Å². The van der Waals surface area contributed by atoms with Gasteiger partial charge in [0.2, 0.25) is 0 Å². The van der Waals surface area contributed by atoms with Gasteiger partial charge in [0.05, 0.1) is 0 Å². The number of aromatic nitrogens is 1. The second kappa shape index (κ2) is 4.77. The molecule has 1 aliphatic carbocycles. The highest BCUT2D eigenvalue weighted by molar-refractivity contribution is 5.97. The zero-order chi connectivity index (χ0) is 11.5. The van der Waals surface area contributed by atoms with Gasteiger partial charge < -0.3 is 0 Å². The minimum atomic E-state index is 0.245.